The fourth-order valence-electron chi connectivity index (χ4n) is 3.23. The number of hydrogen-bond donors (Lipinski definition) is 2. The fraction of sp³-hybridized carbons (Fsp3) is 0.250. The molecule has 25 heavy (non-hydrogen) atoms. The lowest BCUT2D eigenvalue weighted by atomic mass is 9.96. The van der Waals surface area contributed by atoms with Gasteiger partial charge in [-0.25, -0.2) is 0 Å². The lowest BCUT2D eigenvalue weighted by molar-refractivity contribution is -0.136. The van der Waals surface area contributed by atoms with Gasteiger partial charge in [-0.1, -0.05) is 12.1 Å². The predicted octanol–water partition coefficient (Wildman–Crippen LogP) is 4.42. The molecule has 1 aromatic heterocycles. The number of carboxylic acids is 1. The van der Waals surface area contributed by atoms with Crippen molar-refractivity contribution < 1.29 is 14.6 Å². The first kappa shape index (κ1) is 17.4. The predicted molar refractivity (Wildman–Crippen MR) is 102 cm³/mol. The molecule has 0 bridgehead atoms. The highest BCUT2D eigenvalue weighted by Crippen LogP contribution is 2.34. The number of carboxylic acid groups (broad SMARTS) is 1. The lowest BCUT2D eigenvalue weighted by Crippen LogP contribution is -2.02. The third-order valence-electron chi connectivity index (χ3n) is 4.43. The van der Waals surface area contributed by atoms with E-state index < -0.39 is 5.97 Å². The minimum absolute atomic E-state index is 0.00257. The van der Waals surface area contributed by atoms with Gasteiger partial charge in [0.15, 0.2) is 0 Å². The molecule has 0 saturated heterocycles. The molecular weight excluding hydrogens is 334 g/mol. The summed E-state index contributed by atoms with van der Waals surface area (Å²) in [5.74, 6) is -0.0471. The normalized spacial score (nSPS) is 11.0. The van der Waals surface area contributed by atoms with Crippen LogP contribution in [0.25, 0.3) is 10.9 Å². The summed E-state index contributed by atoms with van der Waals surface area (Å²) in [5.41, 5.74) is 4.87. The number of H-pyrrole nitrogens is 1. The van der Waals surface area contributed by atoms with Crippen LogP contribution in [-0.4, -0.2) is 29.4 Å². The van der Waals surface area contributed by atoms with Gasteiger partial charge in [-0.15, -0.1) is 11.8 Å². The third-order valence-corrected chi connectivity index (χ3v) is 5.18. The second kappa shape index (κ2) is 7.23. The summed E-state index contributed by atoms with van der Waals surface area (Å²) in [6.45, 7) is 1.92. The summed E-state index contributed by atoms with van der Waals surface area (Å²) in [7, 11) is 1.65. The number of methoxy groups -OCH3 is 1. The maximum absolute atomic E-state index is 11.3. The molecule has 130 valence electrons. The van der Waals surface area contributed by atoms with E-state index in [9.17, 15) is 9.90 Å². The van der Waals surface area contributed by atoms with Crippen LogP contribution in [0.1, 0.15) is 22.4 Å². The van der Waals surface area contributed by atoms with Gasteiger partial charge < -0.3 is 14.8 Å². The largest absolute Gasteiger partial charge is 0.496 e. The van der Waals surface area contributed by atoms with Gasteiger partial charge in [0.25, 0.3) is 0 Å². The number of aryl methyl sites for hydroxylation is 1. The molecule has 0 radical (unpaired) electrons. The summed E-state index contributed by atoms with van der Waals surface area (Å²) in [6, 6.07) is 12.3. The number of hydrogen-bond acceptors (Lipinski definition) is 3. The van der Waals surface area contributed by atoms with E-state index >= 15 is 0 Å². The molecule has 0 unspecified atom stereocenters. The smallest absolute Gasteiger partial charge is 0.307 e. The van der Waals surface area contributed by atoms with E-state index in [1.54, 1.807) is 18.9 Å². The molecule has 0 atom stereocenters. The number of benzene rings is 2. The molecule has 3 rings (SSSR count). The van der Waals surface area contributed by atoms with E-state index in [1.165, 1.54) is 10.5 Å². The molecule has 0 aliphatic carbocycles. The Morgan fingerprint density at radius 2 is 1.88 bits per heavy atom. The van der Waals surface area contributed by atoms with Crippen LogP contribution in [0.4, 0.5) is 0 Å². The van der Waals surface area contributed by atoms with E-state index in [-0.39, 0.29) is 6.42 Å². The van der Waals surface area contributed by atoms with Crippen molar-refractivity contribution in [2.75, 3.05) is 13.4 Å². The maximum Gasteiger partial charge on any atom is 0.307 e. The number of fused-ring (bicyclic) bond motifs is 1. The first-order chi connectivity index (χ1) is 12.0. The van der Waals surface area contributed by atoms with Gasteiger partial charge in [-0.05, 0) is 48.6 Å². The van der Waals surface area contributed by atoms with Gasteiger partial charge in [-0.3, -0.25) is 4.79 Å². The zero-order valence-corrected chi connectivity index (χ0v) is 15.4. The molecule has 5 heteroatoms. The quantitative estimate of drug-likeness (QED) is 0.642. The lowest BCUT2D eigenvalue weighted by Gasteiger charge is -2.12. The molecule has 4 nitrogen and oxygen atoms in total. The van der Waals surface area contributed by atoms with Crippen LogP contribution in [0.5, 0.6) is 5.75 Å². The van der Waals surface area contributed by atoms with E-state index in [2.05, 4.69) is 35.5 Å². The highest BCUT2D eigenvalue weighted by Gasteiger charge is 2.18. The summed E-state index contributed by atoms with van der Waals surface area (Å²) < 4.78 is 5.57. The number of rotatable bonds is 6. The number of ether oxygens (including phenoxy) is 1. The minimum Gasteiger partial charge on any atom is -0.496 e. The fourth-order valence-corrected chi connectivity index (χ4v) is 3.64. The number of aliphatic carboxylic acids is 1. The minimum atomic E-state index is -0.831. The Hall–Kier alpha value is -2.40. The Bertz CT molecular complexity index is 913. The highest BCUT2D eigenvalue weighted by atomic mass is 32.2. The first-order valence-electron chi connectivity index (χ1n) is 8.05. The molecule has 0 fully saturated rings. The van der Waals surface area contributed by atoms with Gasteiger partial charge >= 0.3 is 5.97 Å². The van der Waals surface area contributed by atoms with Crippen molar-refractivity contribution in [1.82, 2.24) is 4.98 Å². The van der Waals surface area contributed by atoms with Crippen molar-refractivity contribution in [3.05, 3.63) is 58.8 Å². The van der Waals surface area contributed by atoms with E-state index in [1.807, 2.05) is 19.1 Å². The Morgan fingerprint density at radius 1 is 1.16 bits per heavy atom. The van der Waals surface area contributed by atoms with E-state index in [0.29, 0.717) is 6.42 Å². The zero-order chi connectivity index (χ0) is 18.0. The molecule has 2 aromatic carbocycles. The monoisotopic (exact) mass is 355 g/mol. The Kier molecular flexibility index (Phi) is 5.04. The number of nitrogens with one attached hydrogen (secondary N) is 1. The Morgan fingerprint density at radius 3 is 2.48 bits per heavy atom. The molecule has 0 amide bonds. The topological polar surface area (TPSA) is 62.3 Å². The van der Waals surface area contributed by atoms with Crippen molar-refractivity contribution in [1.29, 1.82) is 0 Å². The number of carbonyl (C=O) groups is 1. The Labute approximate surface area is 151 Å². The summed E-state index contributed by atoms with van der Waals surface area (Å²) in [6.07, 6.45) is 2.75. The molecular formula is C20H21NO3S. The molecule has 1 heterocycles. The van der Waals surface area contributed by atoms with Crippen LogP contribution in [0.3, 0.4) is 0 Å². The van der Waals surface area contributed by atoms with Gasteiger partial charge in [0.1, 0.15) is 5.75 Å². The van der Waals surface area contributed by atoms with Crippen LogP contribution in [0.15, 0.2) is 41.3 Å². The summed E-state index contributed by atoms with van der Waals surface area (Å²) in [4.78, 5) is 15.8. The second-order valence-corrected chi connectivity index (χ2v) is 6.87. The second-order valence-electron chi connectivity index (χ2n) is 5.99. The molecule has 0 spiro atoms. The first-order valence-corrected chi connectivity index (χ1v) is 9.27. The van der Waals surface area contributed by atoms with Crippen LogP contribution in [0.2, 0.25) is 0 Å². The summed E-state index contributed by atoms with van der Waals surface area (Å²) in [5, 5.41) is 10.3. The Balaban J connectivity index is 2.14. The van der Waals surface area contributed by atoms with Crippen LogP contribution in [0, 0.1) is 6.92 Å². The average Bonchev–Trinajstić information content (AvgIpc) is 2.91. The molecule has 3 aromatic rings. The number of aromatic amines is 1. The molecule has 0 aliphatic heterocycles. The van der Waals surface area contributed by atoms with Crippen LogP contribution in [-0.2, 0) is 17.6 Å². The van der Waals surface area contributed by atoms with Gasteiger partial charge in [0.05, 0.1) is 13.5 Å². The molecule has 2 N–H and O–H groups in total. The van der Waals surface area contributed by atoms with Crippen molar-refractivity contribution in [2.24, 2.45) is 0 Å². The van der Waals surface area contributed by atoms with E-state index in [0.717, 1.165) is 33.5 Å². The number of thioether (sulfide) groups is 1. The van der Waals surface area contributed by atoms with Crippen LogP contribution < -0.4 is 4.74 Å². The number of aromatic nitrogens is 1. The standard InChI is InChI=1S/C20H21NO3S/c1-12-15(11-19(22)23)20-16(18(24-2)9-8-17(20)21-12)10-13-4-6-14(25-3)7-5-13/h4-9,21H,10-11H2,1-3H3,(H,22,23). The van der Waals surface area contributed by atoms with Crippen molar-refractivity contribution in [3.8, 4) is 5.75 Å². The van der Waals surface area contributed by atoms with Crippen molar-refractivity contribution in [3.63, 3.8) is 0 Å². The van der Waals surface area contributed by atoms with Crippen molar-refractivity contribution >= 4 is 28.6 Å². The van der Waals surface area contributed by atoms with Gasteiger partial charge in [-0.2, -0.15) is 0 Å². The van der Waals surface area contributed by atoms with Gasteiger partial charge in [0, 0.05) is 33.5 Å². The molecule has 0 saturated carbocycles. The zero-order valence-electron chi connectivity index (χ0n) is 14.6. The van der Waals surface area contributed by atoms with Gasteiger partial charge in [0.2, 0.25) is 0 Å². The molecule has 0 aliphatic rings. The van der Waals surface area contributed by atoms with E-state index in [4.69, 9.17) is 4.74 Å². The summed E-state index contributed by atoms with van der Waals surface area (Å²) >= 11 is 1.71. The average molecular weight is 355 g/mol. The maximum atomic E-state index is 11.3. The highest BCUT2D eigenvalue weighted by molar-refractivity contribution is 7.98. The van der Waals surface area contributed by atoms with Crippen LogP contribution >= 0.6 is 11.8 Å². The van der Waals surface area contributed by atoms with Crippen molar-refractivity contribution in [2.45, 2.75) is 24.7 Å². The third kappa shape index (κ3) is 3.51. The SMILES string of the molecule is COc1ccc2[nH]c(C)c(CC(=O)O)c2c1Cc1ccc(SC)cc1.